The highest BCUT2D eigenvalue weighted by Gasteiger charge is 2.29. The predicted octanol–water partition coefficient (Wildman–Crippen LogP) is 12.7. The normalized spacial score (nSPS) is 11.4. The first kappa shape index (κ1) is 36.8. The molecule has 0 saturated heterocycles. The monoisotopic (exact) mass is 787 g/mol. The first-order valence-electron chi connectivity index (χ1n) is 20.0. The Morgan fingerprint density at radius 2 is 0.650 bits per heavy atom. The molecule has 9 aromatic carbocycles. The molecule has 60 heavy (non-hydrogen) atoms. The molecule has 0 saturated carbocycles. The minimum atomic E-state index is -3.05. The molecule has 0 amide bonds. The third-order valence-electron chi connectivity index (χ3n) is 11.1. The van der Waals surface area contributed by atoms with Crippen LogP contribution in [0.3, 0.4) is 0 Å². The Hall–Kier alpha value is -7.52. The van der Waals surface area contributed by atoms with Crippen LogP contribution in [-0.2, 0) is 4.57 Å². The van der Waals surface area contributed by atoms with Gasteiger partial charge >= 0.3 is 0 Å². The minimum Gasteiger partial charge on any atom is -0.309 e. The molecule has 0 aliphatic rings. The Morgan fingerprint density at radius 3 is 1.17 bits per heavy atom. The summed E-state index contributed by atoms with van der Waals surface area (Å²) in [7, 11) is -3.05. The van der Waals surface area contributed by atoms with Crippen molar-refractivity contribution in [3.63, 3.8) is 0 Å². The van der Waals surface area contributed by atoms with Crippen molar-refractivity contribution in [2.45, 2.75) is 0 Å². The molecule has 10 aromatic rings. The molecule has 1 aromatic heterocycles. The van der Waals surface area contributed by atoms with Crippen LogP contribution in [-0.4, -0.2) is 15.0 Å². The fraction of sp³-hybridized carbons (Fsp3) is 0. The van der Waals surface area contributed by atoms with E-state index in [-0.39, 0.29) is 0 Å². The van der Waals surface area contributed by atoms with E-state index < -0.39 is 7.14 Å². The van der Waals surface area contributed by atoms with Crippen LogP contribution < -0.4 is 15.9 Å². The van der Waals surface area contributed by atoms with E-state index in [1.54, 1.807) is 0 Å². The average Bonchev–Trinajstić information content (AvgIpc) is 3.34. The maximum absolute atomic E-state index is 14.9. The molecule has 284 valence electrons. The summed E-state index contributed by atoms with van der Waals surface area (Å²) in [6.07, 6.45) is 0. The quantitative estimate of drug-likeness (QED) is 0.137. The summed E-state index contributed by atoms with van der Waals surface area (Å²) in [4.78, 5) is 14.8. The van der Waals surface area contributed by atoms with Crippen molar-refractivity contribution < 1.29 is 4.57 Å². The Labute approximate surface area is 350 Å². The maximum atomic E-state index is 14.9. The van der Waals surface area contributed by atoms with Crippen molar-refractivity contribution in [2.24, 2.45) is 0 Å². The van der Waals surface area contributed by atoms with Crippen molar-refractivity contribution in [3.05, 3.63) is 231 Å². The van der Waals surface area contributed by atoms with Crippen LogP contribution in [0, 0.1) is 0 Å². The molecule has 0 aliphatic carbocycles. The van der Waals surface area contributed by atoms with Crippen LogP contribution in [0.4, 0.5) is 0 Å². The highest BCUT2D eigenvalue weighted by molar-refractivity contribution is 7.85. The van der Waals surface area contributed by atoms with E-state index >= 15 is 0 Å². The number of nitrogens with zero attached hydrogens (tertiary/aromatic N) is 3. The van der Waals surface area contributed by atoms with Crippen LogP contribution in [0.1, 0.15) is 0 Å². The minimum absolute atomic E-state index is 0.624. The van der Waals surface area contributed by atoms with Crippen LogP contribution in [0.5, 0.6) is 0 Å². The molecule has 5 heteroatoms. The largest absolute Gasteiger partial charge is 0.309 e. The van der Waals surface area contributed by atoms with Crippen LogP contribution in [0.15, 0.2) is 231 Å². The topological polar surface area (TPSA) is 55.7 Å². The van der Waals surface area contributed by atoms with Crippen LogP contribution >= 0.6 is 7.14 Å². The van der Waals surface area contributed by atoms with Gasteiger partial charge in [0.15, 0.2) is 24.6 Å². The second-order valence-electron chi connectivity index (χ2n) is 14.7. The third kappa shape index (κ3) is 7.04. The highest BCUT2D eigenvalue weighted by atomic mass is 31.2. The van der Waals surface area contributed by atoms with E-state index in [9.17, 15) is 4.57 Å². The zero-order valence-electron chi connectivity index (χ0n) is 32.6. The van der Waals surface area contributed by atoms with Gasteiger partial charge in [0.1, 0.15) is 0 Å². The lowest BCUT2D eigenvalue weighted by molar-refractivity contribution is 0.592. The summed E-state index contributed by atoms with van der Waals surface area (Å²) in [6.45, 7) is 0. The molecule has 0 radical (unpaired) electrons. The van der Waals surface area contributed by atoms with Crippen LogP contribution in [0.25, 0.3) is 78.3 Å². The van der Waals surface area contributed by atoms with E-state index in [2.05, 4.69) is 97.1 Å². The van der Waals surface area contributed by atoms with E-state index in [0.29, 0.717) is 17.5 Å². The molecule has 10 rings (SSSR count). The molecule has 0 atom stereocenters. The van der Waals surface area contributed by atoms with Crippen molar-refractivity contribution >= 4 is 33.8 Å². The van der Waals surface area contributed by atoms with Gasteiger partial charge in [-0.3, -0.25) is 0 Å². The lowest BCUT2D eigenvalue weighted by atomic mass is 9.89. The summed E-state index contributed by atoms with van der Waals surface area (Å²) in [5.41, 5.74) is 9.49. The van der Waals surface area contributed by atoms with Crippen molar-refractivity contribution in [1.29, 1.82) is 0 Å². The van der Waals surface area contributed by atoms with Gasteiger partial charge in [-0.2, -0.15) is 0 Å². The van der Waals surface area contributed by atoms with Gasteiger partial charge in [0.25, 0.3) is 0 Å². The van der Waals surface area contributed by atoms with E-state index in [4.69, 9.17) is 15.0 Å². The van der Waals surface area contributed by atoms with Gasteiger partial charge in [-0.1, -0.05) is 231 Å². The third-order valence-corrected chi connectivity index (χ3v) is 14.1. The fourth-order valence-corrected chi connectivity index (χ4v) is 10.6. The van der Waals surface area contributed by atoms with Crippen molar-refractivity contribution in [1.82, 2.24) is 15.0 Å². The predicted molar refractivity (Wildman–Crippen MR) is 249 cm³/mol. The van der Waals surface area contributed by atoms with Gasteiger partial charge in [-0.25, -0.2) is 15.0 Å². The van der Waals surface area contributed by atoms with E-state index in [1.807, 2.05) is 133 Å². The molecule has 0 spiro atoms. The number of fused-ring (bicyclic) bond motifs is 1. The first-order chi connectivity index (χ1) is 29.6. The van der Waals surface area contributed by atoms with E-state index in [0.717, 1.165) is 60.4 Å². The summed E-state index contributed by atoms with van der Waals surface area (Å²) < 4.78 is 14.9. The van der Waals surface area contributed by atoms with Crippen LogP contribution in [0.2, 0.25) is 0 Å². The van der Waals surface area contributed by atoms with Gasteiger partial charge in [0.05, 0.1) is 0 Å². The standard InChI is InChI=1S/C55H38N3OP/c59-60(47-20-9-3-10-21-47,48-22-11-4-12-23-48)49-36-33-40(34-37-49)39-25-27-42(28-26-39)51-38-35-41-15-13-14-24-50(41)52(51)43-29-31-46(32-30-43)55-57-53(44-16-5-1-6-17-44)56-54(58-55)45-18-7-2-8-19-45/h1-38H. The Kier molecular flexibility index (Phi) is 9.83. The zero-order chi connectivity index (χ0) is 40.3. The summed E-state index contributed by atoms with van der Waals surface area (Å²) in [5.74, 6) is 1.90. The Morgan fingerprint density at radius 1 is 0.283 bits per heavy atom. The van der Waals surface area contributed by atoms with Crippen molar-refractivity contribution in [3.8, 4) is 67.5 Å². The van der Waals surface area contributed by atoms with Gasteiger partial charge < -0.3 is 4.57 Å². The van der Waals surface area contributed by atoms with Gasteiger partial charge in [-0.05, 0) is 44.2 Å². The summed E-state index contributed by atoms with van der Waals surface area (Å²) in [5, 5.41) is 4.83. The fourth-order valence-electron chi connectivity index (χ4n) is 7.98. The molecule has 1 heterocycles. The second-order valence-corrected chi connectivity index (χ2v) is 17.5. The second kappa shape index (κ2) is 16.0. The molecule has 0 unspecified atom stereocenters. The SMILES string of the molecule is O=P(c1ccccc1)(c1ccccc1)c1ccc(-c2ccc(-c3ccc4ccccc4c3-c3ccc(-c4nc(-c5ccccc5)nc(-c5ccccc5)n4)cc3)cc2)cc1. The molecule has 0 N–H and O–H groups in total. The molecule has 4 nitrogen and oxygen atoms in total. The zero-order valence-corrected chi connectivity index (χ0v) is 33.5. The molecule has 0 aliphatic heterocycles. The Balaban J connectivity index is 0.994. The summed E-state index contributed by atoms with van der Waals surface area (Å²) in [6, 6.07) is 78.3. The number of aromatic nitrogens is 3. The lowest BCUT2D eigenvalue weighted by Crippen LogP contribution is -2.24. The van der Waals surface area contributed by atoms with Crippen molar-refractivity contribution in [2.75, 3.05) is 0 Å². The number of hydrogen-bond acceptors (Lipinski definition) is 4. The van der Waals surface area contributed by atoms with Gasteiger partial charge in [0, 0.05) is 32.6 Å². The van der Waals surface area contributed by atoms with Gasteiger partial charge in [0.2, 0.25) is 0 Å². The highest BCUT2D eigenvalue weighted by Crippen LogP contribution is 2.43. The molecular weight excluding hydrogens is 750 g/mol. The Bertz CT molecular complexity index is 3020. The number of hydrogen-bond donors (Lipinski definition) is 0. The summed E-state index contributed by atoms with van der Waals surface area (Å²) >= 11 is 0. The molecule has 0 bridgehead atoms. The molecular formula is C55H38N3OP. The van der Waals surface area contributed by atoms with E-state index in [1.165, 1.54) is 16.3 Å². The average molecular weight is 788 g/mol. The molecule has 0 fully saturated rings. The smallest absolute Gasteiger partial charge is 0.171 e. The maximum Gasteiger partial charge on any atom is 0.171 e. The lowest BCUT2D eigenvalue weighted by Gasteiger charge is -2.20. The first-order valence-corrected chi connectivity index (χ1v) is 21.7. The number of benzene rings is 9. The number of rotatable bonds is 9. The van der Waals surface area contributed by atoms with Gasteiger partial charge in [-0.15, -0.1) is 0 Å².